The van der Waals surface area contributed by atoms with Gasteiger partial charge in [0.2, 0.25) is 0 Å². The SMILES string of the molecule is C=C(O)/C(=C/C)C(=C)/C=C1\CC(=C)C(C(C)(C)CO)Cc2cc(C)c(O)cc21. The number of aryl methyl sites for hydroxylation is 1. The molecule has 1 atom stereocenters. The van der Waals surface area contributed by atoms with Crippen molar-refractivity contribution in [2.45, 2.75) is 40.5 Å². The molecule has 1 aliphatic carbocycles. The van der Waals surface area contributed by atoms with Crippen LogP contribution in [0.15, 0.2) is 66.5 Å². The number of rotatable bonds is 5. The second-order valence-electron chi connectivity index (χ2n) is 8.38. The predicted molar refractivity (Wildman–Crippen MR) is 117 cm³/mol. The fourth-order valence-electron chi connectivity index (χ4n) is 3.94. The van der Waals surface area contributed by atoms with Gasteiger partial charge in [-0.05, 0) is 71.9 Å². The van der Waals surface area contributed by atoms with Crippen LogP contribution in [-0.4, -0.2) is 21.9 Å². The molecular formula is C25H32O3. The summed E-state index contributed by atoms with van der Waals surface area (Å²) < 4.78 is 0. The first-order valence-electron chi connectivity index (χ1n) is 9.57. The number of phenols is 1. The third-order valence-corrected chi connectivity index (χ3v) is 5.75. The van der Waals surface area contributed by atoms with Crippen molar-refractivity contribution < 1.29 is 15.3 Å². The Morgan fingerprint density at radius 2 is 1.93 bits per heavy atom. The van der Waals surface area contributed by atoms with E-state index in [9.17, 15) is 15.3 Å². The molecule has 1 aromatic carbocycles. The van der Waals surface area contributed by atoms with Crippen LogP contribution in [0.2, 0.25) is 0 Å². The van der Waals surface area contributed by atoms with Gasteiger partial charge in [-0.3, -0.25) is 0 Å². The Kier molecular flexibility index (Phi) is 6.41. The molecule has 2 rings (SSSR count). The number of hydrogen-bond donors (Lipinski definition) is 3. The van der Waals surface area contributed by atoms with E-state index in [-0.39, 0.29) is 29.4 Å². The maximum atomic E-state index is 10.3. The van der Waals surface area contributed by atoms with Crippen molar-refractivity contribution in [2.75, 3.05) is 6.61 Å². The molecular weight excluding hydrogens is 348 g/mol. The summed E-state index contributed by atoms with van der Waals surface area (Å²) in [6.45, 7) is 19.9. The maximum Gasteiger partial charge on any atom is 0.119 e. The van der Waals surface area contributed by atoms with Crippen LogP contribution in [0.1, 0.15) is 43.9 Å². The first-order chi connectivity index (χ1) is 13.0. The summed E-state index contributed by atoms with van der Waals surface area (Å²) in [6.07, 6.45) is 5.07. The first-order valence-corrected chi connectivity index (χ1v) is 9.57. The third kappa shape index (κ3) is 4.31. The summed E-state index contributed by atoms with van der Waals surface area (Å²) in [5.41, 5.74) is 5.86. The highest BCUT2D eigenvalue weighted by molar-refractivity contribution is 5.76. The highest BCUT2D eigenvalue weighted by atomic mass is 16.3. The normalized spacial score (nSPS) is 19.3. The summed E-state index contributed by atoms with van der Waals surface area (Å²) in [7, 11) is 0. The molecule has 3 heteroatoms. The monoisotopic (exact) mass is 380 g/mol. The van der Waals surface area contributed by atoms with Gasteiger partial charge in [0.1, 0.15) is 11.5 Å². The molecule has 0 spiro atoms. The molecule has 0 aliphatic heterocycles. The number of fused-ring (bicyclic) bond motifs is 1. The molecule has 28 heavy (non-hydrogen) atoms. The number of benzene rings is 1. The average molecular weight is 381 g/mol. The highest BCUT2D eigenvalue weighted by Gasteiger charge is 2.34. The topological polar surface area (TPSA) is 60.7 Å². The highest BCUT2D eigenvalue weighted by Crippen LogP contribution is 2.44. The zero-order valence-corrected chi connectivity index (χ0v) is 17.5. The molecule has 1 aliphatic rings. The molecule has 0 saturated heterocycles. The van der Waals surface area contributed by atoms with Crippen LogP contribution >= 0.6 is 0 Å². The van der Waals surface area contributed by atoms with E-state index >= 15 is 0 Å². The minimum Gasteiger partial charge on any atom is -0.508 e. The van der Waals surface area contributed by atoms with Gasteiger partial charge in [-0.25, -0.2) is 0 Å². The van der Waals surface area contributed by atoms with E-state index in [4.69, 9.17) is 0 Å². The lowest BCUT2D eigenvalue weighted by molar-refractivity contribution is 0.112. The molecule has 0 saturated carbocycles. The molecule has 0 amide bonds. The Labute approximate surface area is 168 Å². The average Bonchev–Trinajstić information content (AvgIpc) is 2.73. The molecule has 1 aromatic rings. The van der Waals surface area contributed by atoms with Gasteiger partial charge < -0.3 is 15.3 Å². The fraction of sp³-hybridized carbons (Fsp3) is 0.360. The Hall–Kier alpha value is -2.52. The second kappa shape index (κ2) is 8.24. The van der Waals surface area contributed by atoms with Crippen molar-refractivity contribution in [3.05, 3.63) is 83.2 Å². The lowest BCUT2D eigenvalue weighted by atomic mass is 9.72. The van der Waals surface area contributed by atoms with Crippen molar-refractivity contribution >= 4 is 5.57 Å². The molecule has 0 heterocycles. The van der Waals surface area contributed by atoms with Crippen molar-refractivity contribution in [2.24, 2.45) is 11.3 Å². The van der Waals surface area contributed by atoms with Gasteiger partial charge in [0.05, 0.1) is 0 Å². The molecule has 3 nitrogen and oxygen atoms in total. The Morgan fingerprint density at radius 3 is 2.46 bits per heavy atom. The van der Waals surface area contributed by atoms with E-state index in [1.54, 1.807) is 12.1 Å². The van der Waals surface area contributed by atoms with E-state index in [2.05, 4.69) is 33.6 Å². The largest absolute Gasteiger partial charge is 0.508 e. The number of aliphatic hydroxyl groups excluding tert-OH is 2. The standard InChI is InChI=1S/C25H32O3/c1-8-21(18(5)27)15(2)9-19-10-16(3)23(25(6,7)14-26)12-20-11-17(4)24(28)13-22(19)20/h8-9,11,13,23,26-28H,2-3,5,10,12,14H2,1,4,6-7H3/b19-9+,21-8+. The van der Waals surface area contributed by atoms with Crippen LogP contribution < -0.4 is 0 Å². The van der Waals surface area contributed by atoms with Gasteiger partial charge in [0, 0.05) is 12.2 Å². The number of aromatic hydroxyl groups is 1. The summed E-state index contributed by atoms with van der Waals surface area (Å²) in [4.78, 5) is 0. The van der Waals surface area contributed by atoms with E-state index in [1.807, 2.05) is 26.0 Å². The molecule has 0 radical (unpaired) electrons. The van der Waals surface area contributed by atoms with Crippen molar-refractivity contribution in [1.82, 2.24) is 0 Å². The van der Waals surface area contributed by atoms with E-state index < -0.39 is 0 Å². The Morgan fingerprint density at radius 1 is 1.29 bits per heavy atom. The zero-order chi connectivity index (χ0) is 21.2. The molecule has 0 bridgehead atoms. The lowest BCUT2D eigenvalue weighted by Crippen LogP contribution is -2.30. The van der Waals surface area contributed by atoms with Gasteiger partial charge in [-0.1, -0.05) is 57.4 Å². The fourth-order valence-corrected chi connectivity index (χ4v) is 3.94. The Balaban J connectivity index is 2.65. The van der Waals surface area contributed by atoms with Crippen LogP contribution in [0.5, 0.6) is 5.75 Å². The molecule has 1 unspecified atom stereocenters. The smallest absolute Gasteiger partial charge is 0.119 e. The van der Waals surface area contributed by atoms with Crippen molar-refractivity contribution in [1.29, 1.82) is 0 Å². The number of aliphatic hydroxyl groups is 2. The molecule has 150 valence electrons. The molecule has 0 fully saturated rings. The molecule has 0 aromatic heterocycles. The summed E-state index contributed by atoms with van der Waals surface area (Å²) in [6, 6.07) is 3.82. The van der Waals surface area contributed by atoms with Gasteiger partial charge in [0.25, 0.3) is 0 Å². The summed E-state index contributed by atoms with van der Waals surface area (Å²) in [5.74, 6) is 0.329. The second-order valence-corrected chi connectivity index (χ2v) is 8.38. The van der Waals surface area contributed by atoms with Gasteiger partial charge in [0.15, 0.2) is 0 Å². The van der Waals surface area contributed by atoms with E-state index in [0.717, 1.165) is 34.3 Å². The third-order valence-electron chi connectivity index (χ3n) is 5.75. The first kappa shape index (κ1) is 21.8. The van der Waals surface area contributed by atoms with Crippen LogP contribution in [-0.2, 0) is 6.42 Å². The van der Waals surface area contributed by atoms with E-state index in [0.29, 0.717) is 17.6 Å². The summed E-state index contributed by atoms with van der Waals surface area (Å²) >= 11 is 0. The van der Waals surface area contributed by atoms with Crippen LogP contribution in [0.4, 0.5) is 0 Å². The minimum absolute atomic E-state index is 0.0249. The number of phenolic OH excluding ortho intramolecular Hbond substituents is 1. The van der Waals surface area contributed by atoms with Gasteiger partial charge in [-0.15, -0.1) is 0 Å². The Bertz CT molecular complexity index is 881. The van der Waals surface area contributed by atoms with E-state index in [1.165, 1.54) is 0 Å². The van der Waals surface area contributed by atoms with Crippen LogP contribution in [0, 0.1) is 18.3 Å². The zero-order valence-electron chi connectivity index (χ0n) is 17.5. The maximum absolute atomic E-state index is 10.3. The number of allylic oxidation sites excluding steroid dienone is 5. The predicted octanol–water partition coefficient (Wildman–Crippen LogP) is 5.80. The van der Waals surface area contributed by atoms with Crippen molar-refractivity contribution in [3.8, 4) is 5.75 Å². The van der Waals surface area contributed by atoms with Crippen LogP contribution in [0.25, 0.3) is 5.57 Å². The quantitative estimate of drug-likeness (QED) is 0.262. The molecule has 3 N–H and O–H groups in total. The lowest BCUT2D eigenvalue weighted by Gasteiger charge is -2.33. The van der Waals surface area contributed by atoms with Crippen LogP contribution in [0.3, 0.4) is 0 Å². The van der Waals surface area contributed by atoms with Gasteiger partial charge >= 0.3 is 0 Å². The number of hydrogen-bond acceptors (Lipinski definition) is 3. The summed E-state index contributed by atoms with van der Waals surface area (Å²) in [5, 5.41) is 30.1. The van der Waals surface area contributed by atoms with Crippen molar-refractivity contribution in [3.63, 3.8) is 0 Å². The van der Waals surface area contributed by atoms with Gasteiger partial charge in [-0.2, -0.15) is 0 Å². The minimum atomic E-state index is -0.305.